The number of aryl methyl sites for hydroxylation is 3. The first kappa shape index (κ1) is 18.8. The average Bonchev–Trinajstić information content (AvgIpc) is 3.23. The van der Waals surface area contributed by atoms with Gasteiger partial charge in [-0.2, -0.15) is 23.4 Å². The molecule has 0 spiro atoms. The molecule has 0 aliphatic heterocycles. The first-order valence-corrected chi connectivity index (χ1v) is 8.63. The van der Waals surface area contributed by atoms with Crippen LogP contribution in [0.25, 0.3) is 0 Å². The maximum atomic E-state index is 13.0. The summed E-state index contributed by atoms with van der Waals surface area (Å²) in [6.07, 6.45) is -1.20. The summed E-state index contributed by atoms with van der Waals surface area (Å²) in [6, 6.07) is 0. The lowest BCUT2D eigenvalue weighted by Crippen LogP contribution is -2.24. The highest BCUT2D eigenvalue weighted by Gasteiger charge is 2.41. The Morgan fingerprint density at radius 3 is 2.62 bits per heavy atom. The van der Waals surface area contributed by atoms with Crippen LogP contribution in [-0.4, -0.2) is 25.5 Å². The first-order valence-electron chi connectivity index (χ1n) is 8.26. The average molecular weight is 390 g/mol. The van der Waals surface area contributed by atoms with Gasteiger partial charge in [0.15, 0.2) is 5.69 Å². The topological polar surface area (TPSA) is 64.7 Å². The van der Waals surface area contributed by atoms with Gasteiger partial charge in [0.1, 0.15) is 0 Å². The number of nitrogens with one attached hydrogen (secondary N) is 1. The lowest BCUT2D eigenvalue weighted by atomic mass is 10.2. The van der Waals surface area contributed by atoms with Crippen LogP contribution in [-0.2, 0) is 31.1 Å². The molecule has 1 amide bonds. The smallest absolute Gasteiger partial charge is 0.352 e. The van der Waals surface area contributed by atoms with Gasteiger partial charge in [0.25, 0.3) is 0 Å². The molecule has 2 heterocycles. The predicted octanol–water partition coefficient (Wildman–Crippen LogP) is 3.18. The minimum Gasteiger partial charge on any atom is -0.352 e. The number of rotatable bonds is 6. The Hall–Kier alpha value is -2.03. The van der Waals surface area contributed by atoms with Gasteiger partial charge in [-0.3, -0.25) is 14.2 Å². The van der Waals surface area contributed by atoms with Gasteiger partial charge in [-0.1, -0.05) is 11.6 Å². The van der Waals surface area contributed by atoms with E-state index in [9.17, 15) is 18.0 Å². The zero-order valence-electron chi connectivity index (χ0n) is 14.4. The molecule has 1 aliphatic rings. The second-order valence-corrected chi connectivity index (χ2v) is 6.86. The molecule has 0 bridgehead atoms. The highest BCUT2D eigenvalue weighted by atomic mass is 35.5. The van der Waals surface area contributed by atoms with Crippen molar-refractivity contribution in [2.24, 2.45) is 7.05 Å². The van der Waals surface area contributed by atoms with Crippen molar-refractivity contribution in [1.29, 1.82) is 0 Å². The summed E-state index contributed by atoms with van der Waals surface area (Å²) >= 11 is 5.91. The minimum absolute atomic E-state index is 0.00722. The Labute approximate surface area is 153 Å². The summed E-state index contributed by atoms with van der Waals surface area (Å²) in [7, 11) is 1.79. The predicted molar refractivity (Wildman–Crippen MR) is 88.6 cm³/mol. The summed E-state index contributed by atoms with van der Waals surface area (Å²) in [5.74, 6) is -0.276. The SMILES string of the molecule is Cc1nn(C)cc1CNC(=O)CCn1nc(C(F)(F)F)c(Cl)c1C1CC1. The van der Waals surface area contributed by atoms with Gasteiger partial charge in [-0.25, -0.2) is 0 Å². The molecule has 3 rings (SSSR count). The molecule has 142 valence electrons. The van der Waals surface area contributed by atoms with Crippen molar-refractivity contribution < 1.29 is 18.0 Å². The maximum absolute atomic E-state index is 13.0. The molecule has 0 aromatic carbocycles. The van der Waals surface area contributed by atoms with Crippen molar-refractivity contribution in [3.63, 3.8) is 0 Å². The molecule has 10 heteroatoms. The molecular formula is C16H19ClF3N5O. The molecule has 1 N–H and O–H groups in total. The van der Waals surface area contributed by atoms with Crippen molar-refractivity contribution in [2.45, 2.75) is 51.4 Å². The fraction of sp³-hybridized carbons (Fsp3) is 0.562. The lowest BCUT2D eigenvalue weighted by molar-refractivity contribution is -0.141. The van der Waals surface area contributed by atoms with E-state index in [1.165, 1.54) is 4.68 Å². The van der Waals surface area contributed by atoms with Crippen LogP contribution in [0.1, 0.15) is 47.8 Å². The second-order valence-electron chi connectivity index (χ2n) is 6.48. The minimum atomic E-state index is -4.61. The zero-order chi connectivity index (χ0) is 19.1. The standard InChI is InChI=1S/C16H19ClF3N5O/c1-9-11(8-24(2)22-9)7-21-12(26)5-6-25-14(10-3-4-10)13(17)15(23-25)16(18,19)20/h8,10H,3-7H2,1-2H3,(H,21,26). The van der Waals surface area contributed by atoms with Crippen LogP contribution in [0.15, 0.2) is 6.20 Å². The number of hydrogen-bond acceptors (Lipinski definition) is 3. The normalized spacial score (nSPS) is 14.7. The first-order chi connectivity index (χ1) is 12.2. The highest BCUT2D eigenvalue weighted by molar-refractivity contribution is 6.32. The Bertz CT molecular complexity index is 823. The number of amides is 1. The monoisotopic (exact) mass is 389 g/mol. The van der Waals surface area contributed by atoms with Crippen molar-refractivity contribution in [3.8, 4) is 0 Å². The molecule has 1 aliphatic carbocycles. The third-order valence-electron chi connectivity index (χ3n) is 4.31. The van der Waals surface area contributed by atoms with Gasteiger partial charge in [-0.05, 0) is 19.8 Å². The Balaban J connectivity index is 1.64. The third kappa shape index (κ3) is 4.03. The van der Waals surface area contributed by atoms with Crippen molar-refractivity contribution in [3.05, 3.63) is 33.9 Å². The Morgan fingerprint density at radius 2 is 2.08 bits per heavy atom. The van der Waals surface area contributed by atoms with Crippen LogP contribution < -0.4 is 5.32 Å². The van der Waals surface area contributed by atoms with Crippen LogP contribution in [0.5, 0.6) is 0 Å². The fourth-order valence-corrected chi connectivity index (χ4v) is 3.26. The van der Waals surface area contributed by atoms with Crippen LogP contribution >= 0.6 is 11.6 Å². The summed E-state index contributed by atoms with van der Waals surface area (Å²) in [4.78, 5) is 12.1. The van der Waals surface area contributed by atoms with Gasteiger partial charge < -0.3 is 5.32 Å². The van der Waals surface area contributed by atoms with E-state index in [4.69, 9.17) is 11.6 Å². The molecule has 1 saturated carbocycles. The number of carbonyl (C=O) groups excluding carboxylic acids is 1. The Morgan fingerprint density at radius 1 is 1.38 bits per heavy atom. The van der Waals surface area contributed by atoms with Gasteiger partial charge in [0, 0.05) is 37.7 Å². The second kappa shape index (κ2) is 6.94. The summed E-state index contributed by atoms with van der Waals surface area (Å²) in [5.41, 5.74) is 1.01. The number of nitrogens with zero attached hydrogens (tertiary/aromatic N) is 4. The van der Waals surface area contributed by atoms with Crippen LogP contribution in [0, 0.1) is 6.92 Å². The van der Waals surface area contributed by atoms with Crippen molar-refractivity contribution in [1.82, 2.24) is 24.9 Å². The molecule has 2 aromatic heterocycles. The van der Waals surface area contributed by atoms with Crippen LogP contribution in [0.2, 0.25) is 5.02 Å². The van der Waals surface area contributed by atoms with Crippen LogP contribution in [0.3, 0.4) is 0 Å². The quantitative estimate of drug-likeness (QED) is 0.825. The molecule has 0 unspecified atom stereocenters. The Kier molecular flexibility index (Phi) is 5.01. The number of alkyl halides is 3. The van der Waals surface area contributed by atoms with E-state index in [2.05, 4.69) is 15.5 Å². The third-order valence-corrected chi connectivity index (χ3v) is 4.68. The summed E-state index contributed by atoms with van der Waals surface area (Å²) in [6.45, 7) is 2.22. The van der Waals surface area contributed by atoms with Gasteiger partial charge in [0.2, 0.25) is 5.91 Å². The van der Waals surface area contributed by atoms with E-state index in [-0.39, 0.29) is 29.8 Å². The number of hydrogen-bond donors (Lipinski definition) is 1. The number of aromatic nitrogens is 4. The largest absolute Gasteiger partial charge is 0.436 e. The van der Waals surface area contributed by atoms with Gasteiger partial charge in [-0.15, -0.1) is 0 Å². The molecular weight excluding hydrogens is 371 g/mol. The summed E-state index contributed by atoms with van der Waals surface area (Å²) < 4.78 is 42.0. The van der Waals surface area contributed by atoms with E-state index in [1.807, 2.05) is 13.1 Å². The molecule has 0 saturated heterocycles. The van der Waals surface area contributed by atoms with E-state index < -0.39 is 11.9 Å². The molecule has 26 heavy (non-hydrogen) atoms. The van der Waals surface area contributed by atoms with E-state index >= 15 is 0 Å². The number of halogens is 4. The molecule has 0 radical (unpaired) electrons. The molecule has 0 atom stereocenters. The molecule has 6 nitrogen and oxygen atoms in total. The summed E-state index contributed by atoms with van der Waals surface area (Å²) in [5, 5.41) is 10.2. The molecule has 1 fully saturated rings. The fourth-order valence-electron chi connectivity index (χ4n) is 2.86. The maximum Gasteiger partial charge on any atom is 0.436 e. The number of carbonyl (C=O) groups is 1. The lowest BCUT2D eigenvalue weighted by Gasteiger charge is -2.08. The van der Waals surface area contributed by atoms with Crippen molar-refractivity contribution >= 4 is 17.5 Å². The van der Waals surface area contributed by atoms with Gasteiger partial charge >= 0.3 is 6.18 Å². The van der Waals surface area contributed by atoms with Gasteiger partial charge in [0.05, 0.1) is 23.0 Å². The van der Waals surface area contributed by atoms with E-state index in [0.717, 1.165) is 24.1 Å². The van der Waals surface area contributed by atoms with E-state index in [0.29, 0.717) is 12.2 Å². The zero-order valence-corrected chi connectivity index (χ0v) is 15.2. The van der Waals surface area contributed by atoms with Crippen LogP contribution in [0.4, 0.5) is 13.2 Å². The van der Waals surface area contributed by atoms with Crippen molar-refractivity contribution in [2.75, 3.05) is 0 Å². The highest BCUT2D eigenvalue weighted by Crippen LogP contribution is 2.46. The van der Waals surface area contributed by atoms with E-state index in [1.54, 1.807) is 11.7 Å². The molecule has 2 aromatic rings.